The fourth-order valence-corrected chi connectivity index (χ4v) is 4.74. The summed E-state index contributed by atoms with van der Waals surface area (Å²) in [7, 11) is 1.78. The first-order valence-corrected chi connectivity index (χ1v) is 12.0. The Labute approximate surface area is 199 Å². The zero-order valence-corrected chi connectivity index (χ0v) is 20.6. The Morgan fingerprint density at radius 2 is 1.91 bits per heavy atom. The molecule has 8 nitrogen and oxygen atoms in total. The third kappa shape index (κ3) is 5.64. The molecule has 184 valence electrons. The van der Waals surface area contributed by atoms with Gasteiger partial charge >= 0.3 is 0 Å². The van der Waals surface area contributed by atoms with Gasteiger partial charge in [0.1, 0.15) is 11.3 Å². The molecule has 2 aromatic heterocycles. The van der Waals surface area contributed by atoms with Gasteiger partial charge in [-0.2, -0.15) is 5.10 Å². The summed E-state index contributed by atoms with van der Waals surface area (Å²) in [6.45, 7) is 11.9. The van der Waals surface area contributed by atoms with Crippen molar-refractivity contribution < 1.29 is 9.13 Å². The number of aromatic amines is 1. The quantitative estimate of drug-likeness (QED) is 0.518. The van der Waals surface area contributed by atoms with Gasteiger partial charge in [-0.1, -0.05) is 39.3 Å². The zero-order chi connectivity index (χ0) is 24.3. The number of rotatable bonds is 9. The molecule has 0 radical (unpaired) electrons. The summed E-state index contributed by atoms with van der Waals surface area (Å²) in [5.74, 6) is 0.248. The highest BCUT2D eigenvalue weighted by Gasteiger charge is 2.28. The lowest BCUT2D eigenvalue weighted by molar-refractivity contribution is 0.0221. The number of morpholine rings is 1. The van der Waals surface area contributed by atoms with Crippen LogP contribution in [0.1, 0.15) is 38.4 Å². The average Bonchev–Trinajstić information content (AvgIpc) is 3.11. The number of halogens is 1. The van der Waals surface area contributed by atoms with Crippen LogP contribution >= 0.6 is 0 Å². The van der Waals surface area contributed by atoms with Crippen molar-refractivity contribution in [2.75, 3.05) is 44.3 Å². The molecule has 1 saturated heterocycles. The Morgan fingerprint density at radius 1 is 1.21 bits per heavy atom. The van der Waals surface area contributed by atoms with Crippen LogP contribution in [0.25, 0.3) is 11.0 Å². The number of nitrogens with zero attached hydrogens (tertiary/aromatic N) is 5. The van der Waals surface area contributed by atoms with Gasteiger partial charge < -0.3 is 9.64 Å². The monoisotopic (exact) mass is 470 g/mol. The second-order valence-corrected chi connectivity index (χ2v) is 9.94. The number of anilines is 1. The number of hydrogen-bond donors (Lipinski definition) is 1. The van der Waals surface area contributed by atoms with E-state index in [1.165, 1.54) is 12.1 Å². The van der Waals surface area contributed by atoms with Crippen molar-refractivity contribution >= 4 is 17.0 Å². The molecule has 0 amide bonds. The van der Waals surface area contributed by atoms with Crippen molar-refractivity contribution in [1.29, 1.82) is 0 Å². The molecule has 34 heavy (non-hydrogen) atoms. The Morgan fingerprint density at radius 3 is 2.59 bits per heavy atom. The average molecular weight is 471 g/mol. The summed E-state index contributed by atoms with van der Waals surface area (Å²) in [5, 5.41) is 4.54. The van der Waals surface area contributed by atoms with Crippen LogP contribution in [-0.4, -0.2) is 64.0 Å². The fraction of sp³-hybridized carbons (Fsp3) is 0.560. The molecule has 0 saturated carbocycles. The molecule has 4 rings (SSSR count). The van der Waals surface area contributed by atoms with Gasteiger partial charge in [-0.3, -0.25) is 19.4 Å². The van der Waals surface area contributed by atoms with E-state index in [0.717, 1.165) is 56.9 Å². The standard InChI is InChI=1S/C25H35FN6O2/c1-5-6-20-21-22(30(4)29-20)23(33)28-24(27-21)32(15-18-7-9-19(26)10-8-18)17-25(2,3)16-31-11-13-34-14-12-31/h7-10H,5-6,11-17H2,1-4H3,(H,27,28,33). The predicted molar refractivity (Wildman–Crippen MR) is 132 cm³/mol. The smallest absolute Gasteiger partial charge is 0.278 e. The minimum Gasteiger partial charge on any atom is -0.379 e. The number of aromatic nitrogens is 4. The molecule has 1 aliphatic heterocycles. The largest absolute Gasteiger partial charge is 0.379 e. The fourth-order valence-electron chi connectivity index (χ4n) is 4.74. The lowest BCUT2D eigenvalue weighted by Gasteiger charge is -2.38. The lowest BCUT2D eigenvalue weighted by Crippen LogP contribution is -2.46. The first-order chi connectivity index (χ1) is 16.3. The minimum atomic E-state index is -0.268. The van der Waals surface area contributed by atoms with Gasteiger partial charge in [-0.15, -0.1) is 0 Å². The van der Waals surface area contributed by atoms with Crippen molar-refractivity contribution in [3.8, 4) is 0 Å². The minimum absolute atomic E-state index is 0.0912. The van der Waals surface area contributed by atoms with Gasteiger partial charge in [0, 0.05) is 39.8 Å². The molecule has 0 spiro atoms. The van der Waals surface area contributed by atoms with Crippen LogP contribution in [0.3, 0.4) is 0 Å². The van der Waals surface area contributed by atoms with Crippen molar-refractivity contribution in [2.45, 2.75) is 40.2 Å². The molecule has 3 aromatic rings. The molecule has 0 unspecified atom stereocenters. The summed E-state index contributed by atoms with van der Waals surface area (Å²) < 4.78 is 20.6. The molecular weight excluding hydrogens is 435 g/mol. The van der Waals surface area contributed by atoms with E-state index in [-0.39, 0.29) is 16.8 Å². The first kappa shape index (κ1) is 24.3. The highest BCUT2D eigenvalue weighted by Crippen LogP contribution is 2.25. The van der Waals surface area contributed by atoms with Crippen LogP contribution < -0.4 is 10.5 Å². The second-order valence-electron chi connectivity index (χ2n) is 9.94. The van der Waals surface area contributed by atoms with Crippen LogP contribution in [0.15, 0.2) is 29.1 Å². The summed E-state index contributed by atoms with van der Waals surface area (Å²) >= 11 is 0. The van der Waals surface area contributed by atoms with E-state index in [0.29, 0.717) is 30.1 Å². The highest BCUT2D eigenvalue weighted by molar-refractivity contribution is 5.77. The van der Waals surface area contributed by atoms with E-state index >= 15 is 0 Å². The highest BCUT2D eigenvalue weighted by atomic mass is 19.1. The molecule has 1 fully saturated rings. The maximum Gasteiger partial charge on any atom is 0.278 e. The maximum atomic E-state index is 13.5. The number of H-pyrrole nitrogens is 1. The normalized spacial score (nSPS) is 15.2. The van der Waals surface area contributed by atoms with Crippen molar-refractivity contribution in [2.24, 2.45) is 12.5 Å². The number of aryl methyl sites for hydroxylation is 2. The molecule has 1 N–H and O–H groups in total. The lowest BCUT2D eigenvalue weighted by atomic mass is 9.91. The van der Waals surface area contributed by atoms with Crippen molar-refractivity contribution in [3.63, 3.8) is 0 Å². The Hall–Kier alpha value is -2.78. The van der Waals surface area contributed by atoms with Gasteiger partial charge in [0.2, 0.25) is 5.95 Å². The molecule has 0 aliphatic carbocycles. The molecular formula is C25H35FN6O2. The molecule has 3 heterocycles. The van der Waals surface area contributed by atoms with Crippen LogP contribution in [0.2, 0.25) is 0 Å². The van der Waals surface area contributed by atoms with Gasteiger partial charge in [0.05, 0.1) is 18.9 Å². The third-order valence-corrected chi connectivity index (χ3v) is 6.20. The summed E-state index contributed by atoms with van der Waals surface area (Å²) in [6.07, 6.45) is 1.68. The number of hydrogen-bond acceptors (Lipinski definition) is 6. The van der Waals surface area contributed by atoms with E-state index in [1.54, 1.807) is 23.9 Å². The molecule has 9 heteroatoms. The third-order valence-electron chi connectivity index (χ3n) is 6.20. The summed E-state index contributed by atoms with van der Waals surface area (Å²) in [6, 6.07) is 6.49. The van der Waals surface area contributed by atoms with Gasteiger partial charge in [-0.25, -0.2) is 9.37 Å². The topological polar surface area (TPSA) is 79.3 Å². The molecule has 0 atom stereocenters. The number of ether oxygens (including phenoxy) is 1. The zero-order valence-electron chi connectivity index (χ0n) is 20.6. The molecule has 1 aromatic carbocycles. The van der Waals surface area contributed by atoms with Crippen molar-refractivity contribution in [3.05, 3.63) is 51.7 Å². The van der Waals surface area contributed by atoms with Gasteiger partial charge in [0.25, 0.3) is 5.56 Å². The van der Waals surface area contributed by atoms with Gasteiger partial charge in [-0.05, 0) is 29.5 Å². The second kappa shape index (κ2) is 10.2. The molecule has 0 bridgehead atoms. The predicted octanol–water partition coefficient (Wildman–Crippen LogP) is 3.11. The van der Waals surface area contributed by atoms with Crippen molar-refractivity contribution in [1.82, 2.24) is 24.6 Å². The van der Waals surface area contributed by atoms with E-state index in [4.69, 9.17) is 9.72 Å². The number of nitrogens with one attached hydrogen (secondary N) is 1. The summed E-state index contributed by atoms with van der Waals surface area (Å²) in [5.41, 5.74) is 2.63. The van der Waals surface area contributed by atoms with Gasteiger partial charge in [0.15, 0.2) is 5.52 Å². The Kier molecular flexibility index (Phi) is 7.33. The Bertz CT molecular complexity index is 1160. The Balaban J connectivity index is 1.69. The maximum absolute atomic E-state index is 13.5. The number of fused-ring (bicyclic) bond motifs is 1. The van der Waals surface area contributed by atoms with E-state index < -0.39 is 0 Å². The first-order valence-electron chi connectivity index (χ1n) is 12.0. The summed E-state index contributed by atoms with van der Waals surface area (Å²) in [4.78, 5) is 25.5. The van der Waals surface area contributed by atoms with E-state index in [1.807, 2.05) is 0 Å². The van der Waals surface area contributed by atoms with Crippen LogP contribution in [0.5, 0.6) is 0 Å². The molecule has 1 aliphatic rings. The van der Waals surface area contributed by atoms with Crippen LogP contribution in [0.4, 0.5) is 10.3 Å². The van der Waals surface area contributed by atoms with E-state index in [2.05, 4.69) is 40.7 Å². The number of benzene rings is 1. The van der Waals surface area contributed by atoms with Crippen LogP contribution in [-0.2, 0) is 24.8 Å². The van der Waals surface area contributed by atoms with E-state index in [9.17, 15) is 9.18 Å². The van der Waals surface area contributed by atoms with Crippen LogP contribution in [0, 0.1) is 11.2 Å². The SMILES string of the molecule is CCCc1nn(C)c2c(=O)[nH]c(N(Cc3ccc(F)cc3)CC(C)(C)CN3CCOCC3)nc12.